The molecule has 1 aliphatic heterocycles. The molecular weight excluding hydrogens is 252 g/mol. The second-order valence-electron chi connectivity index (χ2n) is 4.79. The van der Waals surface area contributed by atoms with Crippen LogP contribution in [-0.4, -0.2) is 29.4 Å². The van der Waals surface area contributed by atoms with Gasteiger partial charge in [0.25, 0.3) is 5.91 Å². The van der Waals surface area contributed by atoms with E-state index in [0.717, 1.165) is 24.3 Å². The zero-order valence-electron chi connectivity index (χ0n) is 11.4. The fraction of sp³-hybridized carbons (Fsp3) is 0.250. The Bertz CT molecular complexity index is 611. The molecule has 0 aliphatic carbocycles. The molecule has 4 heteroatoms. The summed E-state index contributed by atoms with van der Waals surface area (Å²) in [6, 6.07) is 11.4. The van der Waals surface area contributed by atoms with E-state index in [9.17, 15) is 4.79 Å². The van der Waals surface area contributed by atoms with Crippen LogP contribution in [0.25, 0.3) is 0 Å². The van der Waals surface area contributed by atoms with Crippen molar-refractivity contribution < 1.29 is 9.53 Å². The van der Waals surface area contributed by atoms with E-state index in [0.29, 0.717) is 12.2 Å². The number of methoxy groups -OCH3 is 1. The summed E-state index contributed by atoms with van der Waals surface area (Å²) in [4.78, 5) is 18.4. The Balaban J connectivity index is 1.87. The van der Waals surface area contributed by atoms with Crippen LogP contribution in [0.15, 0.2) is 42.6 Å². The lowest BCUT2D eigenvalue weighted by Crippen LogP contribution is -2.36. The van der Waals surface area contributed by atoms with Crippen LogP contribution in [0, 0.1) is 0 Å². The highest BCUT2D eigenvalue weighted by molar-refractivity contribution is 5.92. The molecule has 0 radical (unpaired) electrons. The number of rotatable bonds is 2. The van der Waals surface area contributed by atoms with Crippen LogP contribution < -0.4 is 4.74 Å². The Morgan fingerprint density at radius 3 is 2.90 bits per heavy atom. The van der Waals surface area contributed by atoms with Crippen LogP contribution in [0.1, 0.15) is 21.6 Å². The number of pyridine rings is 1. The van der Waals surface area contributed by atoms with E-state index >= 15 is 0 Å². The van der Waals surface area contributed by atoms with Gasteiger partial charge in [0.05, 0.1) is 7.11 Å². The van der Waals surface area contributed by atoms with Crippen molar-refractivity contribution in [3.8, 4) is 5.75 Å². The Morgan fingerprint density at radius 1 is 1.25 bits per heavy atom. The van der Waals surface area contributed by atoms with Gasteiger partial charge in [-0.3, -0.25) is 9.78 Å². The lowest BCUT2D eigenvalue weighted by atomic mass is 9.98. The molecule has 1 aromatic heterocycles. The molecule has 3 rings (SSSR count). The monoisotopic (exact) mass is 268 g/mol. The maximum Gasteiger partial charge on any atom is 0.272 e. The van der Waals surface area contributed by atoms with Crippen LogP contribution in [0.5, 0.6) is 5.75 Å². The van der Waals surface area contributed by atoms with Crippen LogP contribution in [0.2, 0.25) is 0 Å². The number of amides is 1. The van der Waals surface area contributed by atoms with Crippen molar-refractivity contribution in [3.63, 3.8) is 0 Å². The molecule has 20 heavy (non-hydrogen) atoms. The van der Waals surface area contributed by atoms with Gasteiger partial charge in [-0.05, 0) is 30.2 Å². The molecule has 4 nitrogen and oxygen atoms in total. The third kappa shape index (κ3) is 2.25. The summed E-state index contributed by atoms with van der Waals surface area (Å²) >= 11 is 0. The minimum atomic E-state index is -0.0258. The third-order valence-electron chi connectivity index (χ3n) is 3.62. The average Bonchev–Trinajstić information content (AvgIpc) is 2.54. The van der Waals surface area contributed by atoms with Crippen LogP contribution in [-0.2, 0) is 13.0 Å². The number of aromatic nitrogens is 1. The Labute approximate surface area is 118 Å². The maximum absolute atomic E-state index is 12.4. The molecule has 1 aliphatic rings. The van der Waals surface area contributed by atoms with Gasteiger partial charge in [-0.2, -0.15) is 0 Å². The SMILES string of the molecule is COc1cccc2c1CN(C(=O)c1ccccn1)CC2. The van der Waals surface area contributed by atoms with E-state index in [2.05, 4.69) is 11.1 Å². The summed E-state index contributed by atoms with van der Waals surface area (Å²) in [7, 11) is 1.66. The smallest absolute Gasteiger partial charge is 0.272 e. The van der Waals surface area contributed by atoms with Crippen LogP contribution in [0.3, 0.4) is 0 Å². The largest absolute Gasteiger partial charge is 0.496 e. The second-order valence-corrected chi connectivity index (χ2v) is 4.79. The molecular formula is C16H16N2O2. The quantitative estimate of drug-likeness (QED) is 0.839. The second kappa shape index (κ2) is 5.33. The minimum Gasteiger partial charge on any atom is -0.496 e. The van der Waals surface area contributed by atoms with Crippen molar-refractivity contribution in [1.82, 2.24) is 9.88 Å². The predicted molar refractivity (Wildman–Crippen MR) is 75.7 cm³/mol. The van der Waals surface area contributed by atoms with Crippen molar-refractivity contribution in [2.24, 2.45) is 0 Å². The van der Waals surface area contributed by atoms with Crippen molar-refractivity contribution in [2.75, 3.05) is 13.7 Å². The fourth-order valence-electron chi connectivity index (χ4n) is 2.57. The molecule has 0 fully saturated rings. The number of ether oxygens (including phenoxy) is 1. The van der Waals surface area contributed by atoms with Crippen LogP contribution in [0.4, 0.5) is 0 Å². The molecule has 0 atom stereocenters. The number of carbonyl (C=O) groups excluding carboxylic acids is 1. The predicted octanol–water partition coefficient (Wildman–Crippen LogP) is 2.29. The van der Waals surface area contributed by atoms with Gasteiger partial charge < -0.3 is 9.64 Å². The van der Waals surface area contributed by atoms with Crippen molar-refractivity contribution in [1.29, 1.82) is 0 Å². The fourth-order valence-corrected chi connectivity index (χ4v) is 2.57. The van der Waals surface area contributed by atoms with E-state index < -0.39 is 0 Å². The zero-order valence-corrected chi connectivity index (χ0v) is 11.4. The highest BCUT2D eigenvalue weighted by Gasteiger charge is 2.24. The maximum atomic E-state index is 12.4. The van der Waals surface area contributed by atoms with Gasteiger partial charge >= 0.3 is 0 Å². The summed E-state index contributed by atoms with van der Waals surface area (Å²) in [5, 5.41) is 0. The first-order chi connectivity index (χ1) is 9.79. The molecule has 0 N–H and O–H groups in total. The number of carbonyl (C=O) groups is 1. The first-order valence-corrected chi connectivity index (χ1v) is 6.64. The van der Waals surface area contributed by atoms with Crippen molar-refractivity contribution in [3.05, 3.63) is 59.4 Å². The lowest BCUT2D eigenvalue weighted by molar-refractivity contribution is 0.0727. The molecule has 0 spiro atoms. The number of hydrogen-bond donors (Lipinski definition) is 0. The summed E-state index contributed by atoms with van der Waals surface area (Å²) in [6.07, 6.45) is 2.50. The first kappa shape index (κ1) is 12.7. The van der Waals surface area contributed by atoms with Gasteiger partial charge in [-0.25, -0.2) is 0 Å². The molecule has 2 aromatic rings. The highest BCUT2D eigenvalue weighted by atomic mass is 16.5. The zero-order chi connectivity index (χ0) is 13.9. The number of benzene rings is 1. The Kier molecular flexibility index (Phi) is 3.37. The lowest BCUT2D eigenvalue weighted by Gasteiger charge is -2.29. The molecule has 1 amide bonds. The van der Waals surface area contributed by atoms with E-state index in [4.69, 9.17) is 4.74 Å². The normalized spacial score (nSPS) is 13.8. The molecule has 0 saturated carbocycles. The number of fused-ring (bicyclic) bond motifs is 1. The summed E-state index contributed by atoms with van der Waals surface area (Å²) in [6.45, 7) is 1.30. The van der Waals surface area contributed by atoms with Gasteiger partial charge in [0.2, 0.25) is 0 Å². The average molecular weight is 268 g/mol. The highest BCUT2D eigenvalue weighted by Crippen LogP contribution is 2.28. The van der Waals surface area contributed by atoms with E-state index in [1.807, 2.05) is 29.2 Å². The van der Waals surface area contributed by atoms with E-state index in [1.54, 1.807) is 19.4 Å². The summed E-state index contributed by atoms with van der Waals surface area (Å²) in [5.41, 5.74) is 2.85. The van der Waals surface area contributed by atoms with Gasteiger partial charge in [0.15, 0.2) is 0 Å². The Hall–Kier alpha value is -2.36. The molecule has 2 heterocycles. The van der Waals surface area contributed by atoms with Gasteiger partial charge in [0, 0.05) is 24.8 Å². The minimum absolute atomic E-state index is 0.0258. The van der Waals surface area contributed by atoms with Crippen molar-refractivity contribution in [2.45, 2.75) is 13.0 Å². The summed E-state index contributed by atoms with van der Waals surface area (Å²) in [5.74, 6) is 0.822. The van der Waals surface area contributed by atoms with Gasteiger partial charge in [-0.1, -0.05) is 18.2 Å². The number of hydrogen-bond acceptors (Lipinski definition) is 3. The molecule has 0 saturated heterocycles. The first-order valence-electron chi connectivity index (χ1n) is 6.64. The van der Waals surface area contributed by atoms with Crippen molar-refractivity contribution >= 4 is 5.91 Å². The van der Waals surface area contributed by atoms with Gasteiger partial charge in [-0.15, -0.1) is 0 Å². The molecule has 0 unspecified atom stereocenters. The van der Waals surface area contributed by atoms with Gasteiger partial charge in [0.1, 0.15) is 11.4 Å². The topological polar surface area (TPSA) is 42.4 Å². The molecule has 0 bridgehead atoms. The van der Waals surface area contributed by atoms with Crippen LogP contribution >= 0.6 is 0 Å². The van der Waals surface area contributed by atoms with E-state index in [-0.39, 0.29) is 5.91 Å². The van der Waals surface area contributed by atoms with E-state index in [1.165, 1.54) is 5.56 Å². The molecule has 1 aromatic carbocycles. The Morgan fingerprint density at radius 2 is 2.15 bits per heavy atom. The summed E-state index contributed by atoms with van der Waals surface area (Å²) < 4.78 is 5.39. The molecule has 102 valence electrons. The standard InChI is InChI=1S/C16H16N2O2/c1-20-15-7-4-5-12-8-10-18(11-13(12)15)16(19)14-6-2-3-9-17-14/h2-7,9H,8,10-11H2,1H3. The number of nitrogens with zero attached hydrogens (tertiary/aromatic N) is 2. The third-order valence-corrected chi connectivity index (χ3v) is 3.62.